The molecular weight excluding hydrogens is 208 g/mol. The van der Waals surface area contributed by atoms with Crippen molar-refractivity contribution in [2.24, 2.45) is 0 Å². The number of nitro groups is 1. The van der Waals surface area contributed by atoms with E-state index in [0.29, 0.717) is 5.56 Å². The van der Waals surface area contributed by atoms with Gasteiger partial charge in [0.25, 0.3) is 5.69 Å². The van der Waals surface area contributed by atoms with E-state index in [1.807, 2.05) is 0 Å². The Labute approximate surface area is 84.3 Å². The van der Waals surface area contributed by atoms with E-state index in [9.17, 15) is 18.9 Å². The SMILES string of the molecule is Cc1ccc([N+](=O)[O-])c(C(F)(F)CO)c1. The minimum absolute atomic E-state index is 0.476. The molecule has 0 aliphatic rings. The Kier molecular flexibility index (Phi) is 2.99. The lowest BCUT2D eigenvalue weighted by Crippen LogP contribution is -2.20. The van der Waals surface area contributed by atoms with Crippen LogP contribution in [-0.4, -0.2) is 16.6 Å². The Balaban J connectivity index is 3.37. The quantitative estimate of drug-likeness (QED) is 0.622. The van der Waals surface area contributed by atoms with Gasteiger partial charge in [-0.15, -0.1) is 0 Å². The smallest absolute Gasteiger partial charge is 0.302 e. The summed E-state index contributed by atoms with van der Waals surface area (Å²) in [6, 6.07) is 3.39. The van der Waals surface area contributed by atoms with Crippen LogP contribution in [0.1, 0.15) is 11.1 Å². The molecule has 4 nitrogen and oxygen atoms in total. The van der Waals surface area contributed by atoms with Crippen LogP contribution < -0.4 is 0 Å². The fourth-order valence-corrected chi connectivity index (χ4v) is 1.19. The van der Waals surface area contributed by atoms with Crippen molar-refractivity contribution in [3.05, 3.63) is 39.4 Å². The number of benzene rings is 1. The summed E-state index contributed by atoms with van der Waals surface area (Å²) in [5, 5.41) is 19.0. The molecule has 0 aliphatic heterocycles. The maximum Gasteiger partial charge on any atom is 0.302 e. The molecule has 0 heterocycles. The zero-order chi connectivity index (χ0) is 11.6. The lowest BCUT2D eigenvalue weighted by Gasteiger charge is -2.13. The first-order chi connectivity index (χ1) is 6.88. The van der Waals surface area contributed by atoms with Crippen molar-refractivity contribution in [1.82, 2.24) is 0 Å². The van der Waals surface area contributed by atoms with Crippen LogP contribution in [0.15, 0.2) is 18.2 Å². The molecule has 0 aliphatic carbocycles. The first kappa shape index (κ1) is 11.5. The molecule has 82 valence electrons. The number of aliphatic hydroxyl groups is 1. The van der Waals surface area contributed by atoms with E-state index in [1.54, 1.807) is 6.92 Å². The molecular formula is C9H9F2NO3. The first-order valence-corrected chi connectivity index (χ1v) is 4.12. The Hall–Kier alpha value is -1.56. The van der Waals surface area contributed by atoms with E-state index < -0.39 is 28.7 Å². The number of hydrogen-bond donors (Lipinski definition) is 1. The van der Waals surface area contributed by atoms with Crippen LogP contribution in [0.4, 0.5) is 14.5 Å². The molecule has 1 aromatic carbocycles. The van der Waals surface area contributed by atoms with Crippen molar-refractivity contribution in [1.29, 1.82) is 0 Å². The predicted molar refractivity (Wildman–Crippen MR) is 48.8 cm³/mol. The fraction of sp³-hybridized carbons (Fsp3) is 0.333. The molecule has 0 atom stereocenters. The largest absolute Gasteiger partial charge is 0.390 e. The van der Waals surface area contributed by atoms with Gasteiger partial charge >= 0.3 is 5.92 Å². The van der Waals surface area contributed by atoms with Gasteiger partial charge in [0, 0.05) is 6.07 Å². The monoisotopic (exact) mass is 217 g/mol. The number of hydrogen-bond acceptors (Lipinski definition) is 3. The van der Waals surface area contributed by atoms with Crippen LogP contribution in [-0.2, 0) is 5.92 Å². The highest BCUT2D eigenvalue weighted by atomic mass is 19.3. The van der Waals surface area contributed by atoms with Gasteiger partial charge in [0.1, 0.15) is 12.2 Å². The zero-order valence-electron chi connectivity index (χ0n) is 7.91. The lowest BCUT2D eigenvalue weighted by atomic mass is 10.0. The van der Waals surface area contributed by atoms with Crippen molar-refractivity contribution >= 4 is 5.69 Å². The summed E-state index contributed by atoms with van der Waals surface area (Å²) in [4.78, 5) is 9.60. The van der Waals surface area contributed by atoms with Crippen LogP contribution in [0.2, 0.25) is 0 Å². The third-order valence-electron chi connectivity index (χ3n) is 1.94. The average Bonchev–Trinajstić information content (AvgIpc) is 2.17. The summed E-state index contributed by atoms with van der Waals surface area (Å²) in [6.45, 7) is 0.0952. The lowest BCUT2D eigenvalue weighted by molar-refractivity contribution is -0.387. The van der Waals surface area contributed by atoms with Gasteiger partial charge in [-0.1, -0.05) is 11.6 Å². The molecule has 0 radical (unpaired) electrons. The number of halogens is 2. The molecule has 1 rings (SSSR count). The van der Waals surface area contributed by atoms with Gasteiger partial charge in [0.15, 0.2) is 0 Å². The van der Waals surface area contributed by atoms with Gasteiger partial charge in [0.05, 0.1) is 4.92 Å². The number of nitrogens with zero attached hydrogens (tertiary/aromatic N) is 1. The van der Waals surface area contributed by atoms with E-state index in [1.165, 1.54) is 6.07 Å². The Morgan fingerprint density at radius 3 is 2.60 bits per heavy atom. The van der Waals surface area contributed by atoms with Gasteiger partial charge in [0.2, 0.25) is 0 Å². The number of rotatable bonds is 3. The summed E-state index contributed by atoms with van der Waals surface area (Å²) < 4.78 is 26.3. The van der Waals surface area contributed by atoms with Crippen LogP contribution in [0.5, 0.6) is 0 Å². The summed E-state index contributed by atoms with van der Waals surface area (Å²) in [5.41, 5.74) is -0.960. The molecule has 0 amide bonds. The molecule has 1 N–H and O–H groups in total. The number of nitro benzene ring substituents is 1. The summed E-state index contributed by atoms with van der Waals surface area (Å²) in [7, 11) is 0. The molecule has 0 bridgehead atoms. The van der Waals surface area contributed by atoms with Crippen LogP contribution in [0.25, 0.3) is 0 Å². The second-order valence-electron chi connectivity index (χ2n) is 3.14. The van der Waals surface area contributed by atoms with Crippen molar-refractivity contribution in [3.8, 4) is 0 Å². The van der Waals surface area contributed by atoms with E-state index in [-0.39, 0.29) is 0 Å². The zero-order valence-corrected chi connectivity index (χ0v) is 7.91. The predicted octanol–water partition coefficient (Wildman–Crippen LogP) is 1.99. The normalized spacial score (nSPS) is 11.5. The van der Waals surface area contributed by atoms with Gasteiger partial charge in [-0.3, -0.25) is 10.1 Å². The fourth-order valence-electron chi connectivity index (χ4n) is 1.19. The summed E-state index contributed by atoms with van der Waals surface area (Å²) in [6.07, 6.45) is 0. The second-order valence-corrected chi connectivity index (χ2v) is 3.14. The molecule has 0 aromatic heterocycles. The maximum absolute atomic E-state index is 13.1. The molecule has 15 heavy (non-hydrogen) atoms. The number of alkyl halides is 2. The molecule has 0 fully saturated rings. The third-order valence-corrected chi connectivity index (χ3v) is 1.94. The molecule has 0 unspecified atom stereocenters. The van der Waals surface area contributed by atoms with Crippen LogP contribution >= 0.6 is 0 Å². The summed E-state index contributed by atoms with van der Waals surface area (Å²) in [5.74, 6) is -3.59. The Bertz CT molecular complexity index is 393. The molecule has 0 saturated carbocycles. The minimum atomic E-state index is -3.59. The van der Waals surface area contributed by atoms with Crippen molar-refractivity contribution in [3.63, 3.8) is 0 Å². The minimum Gasteiger partial charge on any atom is -0.390 e. The second kappa shape index (κ2) is 3.90. The van der Waals surface area contributed by atoms with Crippen molar-refractivity contribution < 1.29 is 18.8 Å². The topological polar surface area (TPSA) is 63.4 Å². The average molecular weight is 217 g/mol. The molecule has 6 heteroatoms. The number of aryl methyl sites for hydroxylation is 1. The third kappa shape index (κ3) is 2.27. The highest BCUT2D eigenvalue weighted by molar-refractivity contribution is 5.45. The van der Waals surface area contributed by atoms with Crippen molar-refractivity contribution in [2.45, 2.75) is 12.8 Å². The van der Waals surface area contributed by atoms with Crippen LogP contribution in [0.3, 0.4) is 0 Å². The highest BCUT2D eigenvalue weighted by Crippen LogP contribution is 2.34. The van der Waals surface area contributed by atoms with E-state index >= 15 is 0 Å². The van der Waals surface area contributed by atoms with E-state index in [2.05, 4.69) is 0 Å². The van der Waals surface area contributed by atoms with Gasteiger partial charge in [-0.05, 0) is 13.0 Å². The maximum atomic E-state index is 13.1. The highest BCUT2D eigenvalue weighted by Gasteiger charge is 2.37. The molecule has 0 saturated heterocycles. The van der Waals surface area contributed by atoms with E-state index in [0.717, 1.165) is 12.1 Å². The van der Waals surface area contributed by atoms with Crippen molar-refractivity contribution in [2.75, 3.05) is 6.61 Å². The molecule has 0 spiro atoms. The van der Waals surface area contributed by atoms with Gasteiger partial charge < -0.3 is 5.11 Å². The van der Waals surface area contributed by atoms with Gasteiger partial charge in [-0.25, -0.2) is 0 Å². The van der Waals surface area contributed by atoms with E-state index in [4.69, 9.17) is 5.11 Å². The van der Waals surface area contributed by atoms with Gasteiger partial charge in [-0.2, -0.15) is 8.78 Å². The first-order valence-electron chi connectivity index (χ1n) is 4.12. The Morgan fingerprint density at radius 2 is 2.13 bits per heavy atom. The standard InChI is InChI=1S/C9H9F2NO3/c1-6-2-3-8(12(14)15)7(4-6)9(10,11)5-13/h2-4,13H,5H2,1H3. The molecule has 1 aromatic rings. The summed E-state index contributed by atoms with van der Waals surface area (Å²) >= 11 is 0. The number of aliphatic hydroxyl groups excluding tert-OH is 1. The Morgan fingerprint density at radius 1 is 1.53 bits per heavy atom. The van der Waals surface area contributed by atoms with Crippen LogP contribution in [0, 0.1) is 17.0 Å².